The number of benzene rings is 2. The summed E-state index contributed by atoms with van der Waals surface area (Å²) in [5.41, 5.74) is 3.50. The van der Waals surface area contributed by atoms with Crippen LogP contribution in [0.1, 0.15) is 29.3 Å². The van der Waals surface area contributed by atoms with Crippen LogP contribution in [0.4, 0.5) is 29.5 Å². The Morgan fingerprint density at radius 3 is 2.14 bits per heavy atom. The SMILES string of the molecule is CCc1c(C)nc(-c2ccc(C(F)(F)F)cc2)nc1N1CCN(C(=O)Nc2ccc(C)cc2)CC1. The van der Waals surface area contributed by atoms with Gasteiger partial charge in [0.05, 0.1) is 5.56 Å². The van der Waals surface area contributed by atoms with Crippen LogP contribution >= 0.6 is 0 Å². The van der Waals surface area contributed by atoms with Crippen LogP contribution in [0.2, 0.25) is 0 Å². The van der Waals surface area contributed by atoms with Crippen LogP contribution in [0.3, 0.4) is 0 Å². The number of carbonyl (C=O) groups is 1. The van der Waals surface area contributed by atoms with Gasteiger partial charge in [-0.2, -0.15) is 13.2 Å². The molecule has 1 N–H and O–H groups in total. The van der Waals surface area contributed by atoms with Crippen molar-refractivity contribution in [2.45, 2.75) is 33.4 Å². The average Bonchev–Trinajstić information content (AvgIpc) is 2.84. The van der Waals surface area contributed by atoms with Gasteiger partial charge in [0.15, 0.2) is 5.82 Å². The van der Waals surface area contributed by atoms with Crippen molar-refractivity contribution >= 4 is 17.5 Å². The molecule has 6 nitrogen and oxygen atoms in total. The van der Waals surface area contributed by atoms with Gasteiger partial charge < -0.3 is 15.1 Å². The lowest BCUT2D eigenvalue weighted by Crippen LogP contribution is -2.50. The first-order valence-corrected chi connectivity index (χ1v) is 11.6. The summed E-state index contributed by atoms with van der Waals surface area (Å²) in [6.07, 6.45) is -3.67. The molecular formula is C26H28F3N5O. The molecular weight excluding hydrogens is 455 g/mol. The van der Waals surface area contributed by atoms with Gasteiger partial charge in [-0.25, -0.2) is 14.8 Å². The third-order valence-corrected chi connectivity index (χ3v) is 6.19. The molecule has 2 heterocycles. The fourth-order valence-corrected chi connectivity index (χ4v) is 4.15. The highest BCUT2D eigenvalue weighted by atomic mass is 19.4. The largest absolute Gasteiger partial charge is 0.416 e. The van der Waals surface area contributed by atoms with E-state index >= 15 is 0 Å². The summed E-state index contributed by atoms with van der Waals surface area (Å²) in [5.74, 6) is 1.16. The minimum Gasteiger partial charge on any atom is -0.353 e. The number of anilines is 2. The van der Waals surface area contributed by atoms with Gasteiger partial charge in [0.25, 0.3) is 0 Å². The monoisotopic (exact) mass is 483 g/mol. The van der Waals surface area contributed by atoms with Crippen molar-refractivity contribution in [1.29, 1.82) is 0 Å². The Morgan fingerprint density at radius 1 is 0.943 bits per heavy atom. The molecule has 184 valence electrons. The molecule has 0 unspecified atom stereocenters. The predicted octanol–water partition coefficient (Wildman–Crippen LogP) is 5.70. The maximum atomic E-state index is 12.9. The number of nitrogens with one attached hydrogen (secondary N) is 1. The summed E-state index contributed by atoms with van der Waals surface area (Å²) in [7, 11) is 0. The molecule has 35 heavy (non-hydrogen) atoms. The van der Waals surface area contributed by atoms with Crippen molar-refractivity contribution in [2.75, 3.05) is 36.4 Å². The van der Waals surface area contributed by atoms with Gasteiger partial charge in [0, 0.05) is 48.7 Å². The molecule has 1 aliphatic heterocycles. The molecule has 0 radical (unpaired) electrons. The summed E-state index contributed by atoms with van der Waals surface area (Å²) in [5, 5.41) is 2.93. The lowest BCUT2D eigenvalue weighted by Gasteiger charge is -2.36. The Kier molecular flexibility index (Phi) is 6.95. The van der Waals surface area contributed by atoms with Crippen molar-refractivity contribution in [3.05, 3.63) is 70.9 Å². The van der Waals surface area contributed by atoms with E-state index in [9.17, 15) is 18.0 Å². The molecule has 1 saturated heterocycles. The lowest BCUT2D eigenvalue weighted by atomic mass is 10.1. The number of amides is 2. The third kappa shape index (κ3) is 5.55. The van der Waals surface area contributed by atoms with Gasteiger partial charge in [-0.3, -0.25) is 0 Å². The van der Waals surface area contributed by atoms with E-state index in [1.54, 1.807) is 4.90 Å². The smallest absolute Gasteiger partial charge is 0.353 e. The van der Waals surface area contributed by atoms with Crippen molar-refractivity contribution in [3.8, 4) is 11.4 Å². The zero-order valence-electron chi connectivity index (χ0n) is 20.0. The van der Waals surface area contributed by atoms with Gasteiger partial charge in [-0.1, -0.05) is 36.8 Å². The van der Waals surface area contributed by atoms with Crippen LogP contribution in [-0.4, -0.2) is 47.1 Å². The molecule has 0 bridgehead atoms. The highest BCUT2D eigenvalue weighted by molar-refractivity contribution is 5.89. The van der Waals surface area contributed by atoms with Crippen molar-refractivity contribution in [2.24, 2.45) is 0 Å². The second kappa shape index (κ2) is 9.93. The Balaban J connectivity index is 1.50. The molecule has 1 aliphatic rings. The van der Waals surface area contributed by atoms with Gasteiger partial charge in [0.1, 0.15) is 5.82 Å². The summed E-state index contributed by atoms with van der Waals surface area (Å²) in [4.78, 5) is 25.9. The summed E-state index contributed by atoms with van der Waals surface area (Å²) in [6, 6.07) is 12.4. The van der Waals surface area contributed by atoms with E-state index in [4.69, 9.17) is 4.98 Å². The molecule has 2 amide bonds. The molecule has 1 fully saturated rings. The number of carbonyl (C=O) groups excluding carboxylic acids is 1. The number of piperazine rings is 1. The van der Waals surface area contributed by atoms with Crippen molar-refractivity contribution in [1.82, 2.24) is 14.9 Å². The number of hydrogen-bond donors (Lipinski definition) is 1. The molecule has 0 aliphatic carbocycles. The molecule has 0 spiro atoms. The first-order valence-electron chi connectivity index (χ1n) is 11.6. The van der Waals surface area contributed by atoms with Crippen molar-refractivity contribution in [3.63, 3.8) is 0 Å². The van der Waals surface area contributed by atoms with Gasteiger partial charge >= 0.3 is 12.2 Å². The van der Waals surface area contributed by atoms with E-state index < -0.39 is 11.7 Å². The zero-order chi connectivity index (χ0) is 25.2. The van der Waals surface area contributed by atoms with Crippen LogP contribution in [-0.2, 0) is 12.6 Å². The standard InChI is InChI=1S/C26H28F3N5O/c1-4-22-18(3)30-23(19-7-9-20(10-8-19)26(27,28)29)32-24(22)33-13-15-34(16-14-33)25(35)31-21-11-5-17(2)6-12-21/h5-12H,4,13-16H2,1-3H3,(H,31,35). The first kappa shape index (κ1) is 24.5. The van der Waals surface area contributed by atoms with E-state index in [2.05, 4.69) is 15.2 Å². The van der Waals surface area contributed by atoms with Crippen LogP contribution in [0.15, 0.2) is 48.5 Å². The third-order valence-electron chi connectivity index (χ3n) is 6.19. The minimum absolute atomic E-state index is 0.145. The molecule has 1 aromatic heterocycles. The molecule has 0 saturated carbocycles. The maximum absolute atomic E-state index is 12.9. The van der Waals surface area contributed by atoms with Gasteiger partial charge in [-0.15, -0.1) is 0 Å². The lowest BCUT2D eigenvalue weighted by molar-refractivity contribution is -0.137. The normalized spacial score (nSPS) is 14.2. The molecule has 2 aromatic carbocycles. The summed E-state index contributed by atoms with van der Waals surface area (Å²) >= 11 is 0. The van der Waals surface area contributed by atoms with E-state index in [1.807, 2.05) is 45.0 Å². The number of rotatable bonds is 4. The first-order chi connectivity index (χ1) is 16.7. The quantitative estimate of drug-likeness (QED) is 0.518. The topological polar surface area (TPSA) is 61.4 Å². The average molecular weight is 484 g/mol. The molecule has 9 heteroatoms. The predicted molar refractivity (Wildman–Crippen MR) is 131 cm³/mol. The second-order valence-corrected chi connectivity index (χ2v) is 8.63. The Bertz CT molecular complexity index is 1190. The molecule has 3 aromatic rings. The van der Waals surface area contributed by atoms with E-state index in [0.29, 0.717) is 37.6 Å². The minimum atomic E-state index is -4.39. The highest BCUT2D eigenvalue weighted by Crippen LogP contribution is 2.31. The van der Waals surface area contributed by atoms with Crippen LogP contribution in [0.5, 0.6) is 0 Å². The Morgan fingerprint density at radius 2 is 1.57 bits per heavy atom. The number of halogens is 3. The van der Waals surface area contributed by atoms with Crippen LogP contribution in [0.25, 0.3) is 11.4 Å². The highest BCUT2D eigenvalue weighted by Gasteiger charge is 2.30. The fraction of sp³-hybridized carbons (Fsp3) is 0.346. The molecule has 0 atom stereocenters. The number of hydrogen-bond acceptors (Lipinski definition) is 4. The zero-order valence-corrected chi connectivity index (χ0v) is 20.0. The number of aryl methyl sites for hydroxylation is 2. The van der Waals surface area contributed by atoms with Gasteiger partial charge in [-0.05, 0) is 44.5 Å². The van der Waals surface area contributed by atoms with Gasteiger partial charge in [0.2, 0.25) is 0 Å². The second-order valence-electron chi connectivity index (χ2n) is 8.63. The van der Waals surface area contributed by atoms with Crippen LogP contribution in [0, 0.1) is 13.8 Å². The number of aromatic nitrogens is 2. The molecule has 4 rings (SSSR count). The van der Waals surface area contributed by atoms with E-state index in [1.165, 1.54) is 12.1 Å². The Hall–Kier alpha value is -3.62. The van der Waals surface area contributed by atoms with Crippen molar-refractivity contribution < 1.29 is 18.0 Å². The van der Waals surface area contributed by atoms with Crippen LogP contribution < -0.4 is 10.2 Å². The van der Waals surface area contributed by atoms with E-state index in [-0.39, 0.29) is 6.03 Å². The number of urea groups is 1. The summed E-state index contributed by atoms with van der Waals surface area (Å²) in [6.45, 7) is 8.15. The summed E-state index contributed by atoms with van der Waals surface area (Å²) < 4.78 is 38.8. The fourth-order valence-electron chi connectivity index (χ4n) is 4.15. The number of alkyl halides is 3. The number of nitrogens with zero attached hydrogens (tertiary/aromatic N) is 4. The van der Waals surface area contributed by atoms with E-state index in [0.717, 1.165) is 46.9 Å². The maximum Gasteiger partial charge on any atom is 0.416 e. The Labute approximate surface area is 202 Å².